The molecule has 0 saturated carbocycles. The predicted molar refractivity (Wildman–Crippen MR) is 96.9 cm³/mol. The zero-order valence-electron chi connectivity index (χ0n) is 13.6. The first-order chi connectivity index (χ1) is 12.8. The van der Waals surface area contributed by atoms with Gasteiger partial charge in [-0.1, -0.05) is 0 Å². The van der Waals surface area contributed by atoms with Crippen LogP contribution in [0.3, 0.4) is 0 Å². The predicted octanol–water partition coefficient (Wildman–Crippen LogP) is 0.462. The lowest BCUT2D eigenvalue weighted by Crippen LogP contribution is -2.46. The molecule has 3 aliphatic rings. The Morgan fingerprint density at radius 3 is 2.26 bits per heavy atom. The lowest BCUT2D eigenvalue weighted by Gasteiger charge is -2.31. The first kappa shape index (κ1) is 19.1. The number of thiophene rings is 2. The van der Waals surface area contributed by atoms with Crippen molar-refractivity contribution in [2.75, 3.05) is 26.3 Å². The van der Waals surface area contributed by atoms with Crippen molar-refractivity contribution in [2.45, 2.75) is 14.2 Å². The normalized spacial score (nSPS) is 23.9. The molecule has 0 radical (unpaired) electrons. The molecular formula is C14H14N2O7S4. The molecule has 9 nitrogen and oxygen atoms in total. The number of fused-ring (bicyclic) bond motifs is 3. The van der Waals surface area contributed by atoms with Gasteiger partial charge in [-0.3, -0.25) is 4.79 Å². The second-order valence-electron chi connectivity index (χ2n) is 5.77. The quantitative estimate of drug-likeness (QED) is 0.597. The summed E-state index contributed by atoms with van der Waals surface area (Å²) in [5.41, 5.74) is 0.947. The molecule has 0 atom stereocenters. The standard InChI is InChI=1S/C8H9NO4S2.C6H5NO3S2/c10-15(11)7-6(1-4-14-7)8(5-9-15)12-2-3-13-8;8-5-3-7-12(9,10)6-4(5)1-2-11-6/h1,4,9H,2-3,5H2;1-2,7H,3H2. The van der Waals surface area contributed by atoms with Crippen LogP contribution in [0, 0.1) is 0 Å². The highest BCUT2D eigenvalue weighted by molar-refractivity contribution is 7.92. The van der Waals surface area contributed by atoms with E-state index in [1.807, 2.05) is 0 Å². The number of rotatable bonds is 0. The van der Waals surface area contributed by atoms with Gasteiger partial charge >= 0.3 is 0 Å². The second-order valence-corrected chi connectivity index (χ2v) is 11.5. The maximum atomic E-state index is 11.7. The maximum absolute atomic E-state index is 11.7. The van der Waals surface area contributed by atoms with Gasteiger partial charge in [0.15, 0.2) is 5.78 Å². The van der Waals surface area contributed by atoms with Gasteiger partial charge in [-0.05, 0) is 22.9 Å². The summed E-state index contributed by atoms with van der Waals surface area (Å²) in [5.74, 6) is -1.05. The number of sulfonamides is 2. The van der Waals surface area contributed by atoms with E-state index in [0.717, 1.165) is 11.3 Å². The molecule has 0 unspecified atom stereocenters. The molecule has 27 heavy (non-hydrogen) atoms. The molecule has 1 saturated heterocycles. The minimum atomic E-state index is -3.38. The van der Waals surface area contributed by atoms with Crippen LogP contribution in [-0.2, 0) is 35.3 Å². The Hall–Kier alpha value is -1.19. The first-order valence-electron chi connectivity index (χ1n) is 7.71. The number of hydrogen-bond donors (Lipinski definition) is 2. The summed E-state index contributed by atoms with van der Waals surface area (Å²) >= 11 is 2.25. The van der Waals surface area contributed by atoms with E-state index in [0.29, 0.717) is 28.5 Å². The SMILES string of the molecule is O=C1CNS(=O)(=O)c2sccc21.O=S1(=O)NCC2(OCCO2)c2ccsc21. The summed E-state index contributed by atoms with van der Waals surface area (Å²) in [6.45, 7) is 1.03. The monoisotopic (exact) mass is 450 g/mol. The van der Waals surface area contributed by atoms with E-state index >= 15 is 0 Å². The van der Waals surface area contributed by atoms with Crippen LogP contribution < -0.4 is 9.44 Å². The average Bonchev–Trinajstić information content (AvgIpc) is 3.37. The molecule has 2 aromatic rings. The summed E-state index contributed by atoms with van der Waals surface area (Å²) in [6.07, 6.45) is 0. The van der Waals surface area contributed by atoms with Crippen molar-refractivity contribution in [3.8, 4) is 0 Å². The topological polar surface area (TPSA) is 128 Å². The largest absolute Gasteiger partial charge is 0.342 e. The van der Waals surface area contributed by atoms with Gasteiger partial charge in [-0.2, -0.15) is 0 Å². The third-order valence-electron chi connectivity index (χ3n) is 4.13. The van der Waals surface area contributed by atoms with Gasteiger partial charge in [-0.25, -0.2) is 26.3 Å². The summed E-state index contributed by atoms with van der Waals surface area (Å²) < 4.78 is 61.9. The van der Waals surface area contributed by atoms with Crippen molar-refractivity contribution >= 4 is 48.5 Å². The number of carbonyl (C=O) groups excluding carboxylic acids is 1. The number of carbonyl (C=O) groups is 1. The van der Waals surface area contributed by atoms with Crippen LogP contribution in [0.25, 0.3) is 0 Å². The summed E-state index contributed by atoms with van der Waals surface area (Å²) in [5, 5.41) is 3.34. The Morgan fingerprint density at radius 2 is 1.56 bits per heavy atom. The van der Waals surface area contributed by atoms with Crippen LogP contribution in [0.1, 0.15) is 15.9 Å². The highest BCUT2D eigenvalue weighted by Crippen LogP contribution is 2.40. The van der Waals surface area contributed by atoms with E-state index in [-0.39, 0.29) is 23.1 Å². The lowest BCUT2D eigenvalue weighted by molar-refractivity contribution is -0.162. The van der Waals surface area contributed by atoms with Crippen molar-refractivity contribution < 1.29 is 31.1 Å². The molecule has 5 heterocycles. The number of ketones is 1. The van der Waals surface area contributed by atoms with Crippen molar-refractivity contribution in [2.24, 2.45) is 0 Å². The Balaban J connectivity index is 0.000000137. The van der Waals surface area contributed by atoms with Gasteiger partial charge in [0.2, 0.25) is 5.79 Å². The minimum absolute atomic E-state index is 0.119. The van der Waals surface area contributed by atoms with Gasteiger partial charge in [0.25, 0.3) is 20.0 Å². The summed E-state index contributed by atoms with van der Waals surface area (Å²) in [7, 11) is -6.74. The van der Waals surface area contributed by atoms with Crippen LogP contribution in [0.15, 0.2) is 31.3 Å². The van der Waals surface area contributed by atoms with Crippen LogP contribution >= 0.6 is 22.7 Å². The number of Topliss-reactive ketones (excluding diaryl/α,β-unsaturated/α-hetero) is 1. The van der Waals surface area contributed by atoms with Gasteiger partial charge in [0, 0.05) is 11.1 Å². The smallest absolute Gasteiger partial charge is 0.251 e. The van der Waals surface area contributed by atoms with Gasteiger partial charge in [-0.15, -0.1) is 22.7 Å². The fourth-order valence-corrected chi connectivity index (χ4v) is 7.84. The van der Waals surface area contributed by atoms with Crippen LogP contribution in [0.4, 0.5) is 0 Å². The molecule has 13 heteroatoms. The van der Waals surface area contributed by atoms with E-state index < -0.39 is 25.8 Å². The third-order valence-corrected chi connectivity index (χ3v) is 9.90. The van der Waals surface area contributed by atoms with Gasteiger partial charge in [0.1, 0.15) is 8.42 Å². The second kappa shape index (κ2) is 6.70. The van der Waals surface area contributed by atoms with Gasteiger partial charge < -0.3 is 9.47 Å². The minimum Gasteiger partial charge on any atom is -0.342 e. The Morgan fingerprint density at radius 1 is 0.926 bits per heavy atom. The van der Waals surface area contributed by atoms with E-state index in [4.69, 9.17) is 9.47 Å². The molecular weight excluding hydrogens is 436 g/mol. The Labute approximate surface area is 163 Å². The van der Waals surface area contributed by atoms with Crippen LogP contribution in [0.5, 0.6) is 0 Å². The summed E-state index contributed by atoms with van der Waals surface area (Å²) in [4.78, 5) is 11.1. The van der Waals surface area contributed by atoms with Crippen LogP contribution in [0.2, 0.25) is 0 Å². The third kappa shape index (κ3) is 3.27. The zero-order chi connectivity index (χ0) is 19.3. The fraction of sp³-hybridized carbons (Fsp3) is 0.357. The number of ether oxygens (including phenoxy) is 2. The lowest BCUT2D eigenvalue weighted by atomic mass is 10.1. The van der Waals surface area contributed by atoms with Crippen LogP contribution in [-0.4, -0.2) is 48.9 Å². The van der Waals surface area contributed by atoms with Crippen molar-refractivity contribution in [3.63, 3.8) is 0 Å². The van der Waals surface area contributed by atoms with Gasteiger partial charge in [0.05, 0.1) is 26.3 Å². The summed E-state index contributed by atoms with van der Waals surface area (Å²) in [6, 6.07) is 3.30. The molecule has 5 rings (SSSR count). The van der Waals surface area contributed by atoms with E-state index in [2.05, 4.69) is 9.44 Å². The van der Waals surface area contributed by atoms with Crippen molar-refractivity contribution in [3.05, 3.63) is 34.0 Å². The molecule has 0 aromatic carbocycles. The molecule has 0 bridgehead atoms. The van der Waals surface area contributed by atoms with Crippen molar-refractivity contribution in [1.82, 2.24) is 9.44 Å². The van der Waals surface area contributed by atoms with E-state index in [9.17, 15) is 21.6 Å². The molecule has 146 valence electrons. The molecule has 3 aliphatic heterocycles. The Bertz CT molecular complexity index is 1090. The molecule has 2 aromatic heterocycles. The molecule has 1 fully saturated rings. The number of nitrogens with one attached hydrogen (secondary N) is 2. The van der Waals surface area contributed by atoms with Crippen molar-refractivity contribution in [1.29, 1.82) is 0 Å². The fourth-order valence-electron chi connectivity index (χ4n) is 2.88. The van der Waals surface area contributed by atoms with E-state index in [1.165, 1.54) is 11.3 Å². The zero-order valence-corrected chi connectivity index (χ0v) is 16.9. The molecule has 0 aliphatic carbocycles. The maximum Gasteiger partial charge on any atom is 0.251 e. The molecule has 0 amide bonds. The molecule has 2 N–H and O–H groups in total. The highest BCUT2D eigenvalue weighted by Gasteiger charge is 2.47. The first-order valence-corrected chi connectivity index (χ1v) is 12.4. The molecule has 1 spiro atoms. The average molecular weight is 451 g/mol. The highest BCUT2D eigenvalue weighted by atomic mass is 32.3. The number of hydrogen-bond acceptors (Lipinski definition) is 9. The Kier molecular flexibility index (Phi) is 4.75. The van der Waals surface area contributed by atoms with E-state index in [1.54, 1.807) is 22.9 Å².